The standard InChI is InChI=1S/C24H34N6OS/c1-5-6-23(28-19(4)25)30-10-8-29(9-11-30)17-21-13-20(14-22(15-21)31-18(2)3)16-27-24-26-7-12-32-24/h5-7,12-15,18H,1,8-11,16-17H2,2-4H3,(H2,25,28)(H,26,27)/b23-6+. The molecule has 0 amide bonds. The fraction of sp³-hybridized carbons (Fsp3) is 0.417. The topological polar surface area (TPSA) is 79.0 Å². The van der Waals surface area contributed by atoms with E-state index in [0.29, 0.717) is 5.84 Å². The first-order chi connectivity index (χ1) is 15.4. The second kappa shape index (κ2) is 11.7. The Labute approximate surface area is 195 Å². The molecule has 2 aromatic rings. The van der Waals surface area contributed by atoms with Crippen molar-refractivity contribution in [3.05, 3.63) is 65.5 Å². The molecule has 2 heterocycles. The van der Waals surface area contributed by atoms with Gasteiger partial charge in [-0.3, -0.25) is 4.90 Å². The van der Waals surface area contributed by atoms with Crippen molar-refractivity contribution in [2.75, 3.05) is 31.5 Å². The fourth-order valence-electron chi connectivity index (χ4n) is 3.64. The van der Waals surface area contributed by atoms with E-state index in [1.807, 2.05) is 17.7 Å². The van der Waals surface area contributed by atoms with Crippen LogP contribution in [0.5, 0.6) is 5.75 Å². The lowest BCUT2D eigenvalue weighted by Crippen LogP contribution is -2.45. The molecule has 0 radical (unpaired) electrons. The summed E-state index contributed by atoms with van der Waals surface area (Å²) in [5, 5.41) is 6.29. The third kappa shape index (κ3) is 7.39. The lowest BCUT2D eigenvalue weighted by molar-refractivity contribution is 0.151. The predicted octanol–water partition coefficient (Wildman–Crippen LogP) is 4.06. The van der Waals surface area contributed by atoms with E-state index in [1.54, 1.807) is 24.3 Å². The van der Waals surface area contributed by atoms with E-state index in [-0.39, 0.29) is 6.10 Å². The molecule has 1 aliphatic heterocycles. The minimum Gasteiger partial charge on any atom is -0.491 e. The first kappa shape index (κ1) is 23.8. The molecule has 1 fully saturated rings. The lowest BCUT2D eigenvalue weighted by atomic mass is 10.1. The first-order valence-corrected chi connectivity index (χ1v) is 11.8. The number of anilines is 1. The maximum Gasteiger partial charge on any atom is 0.182 e. The van der Waals surface area contributed by atoms with Crippen LogP contribution in [0.15, 0.2) is 59.3 Å². The van der Waals surface area contributed by atoms with Crippen molar-refractivity contribution in [3.8, 4) is 5.75 Å². The Morgan fingerprint density at radius 3 is 2.66 bits per heavy atom. The third-order valence-electron chi connectivity index (χ3n) is 4.93. The number of benzene rings is 1. The summed E-state index contributed by atoms with van der Waals surface area (Å²) in [6.45, 7) is 15.0. The summed E-state index contributed by atoms with van der Waals surface area (Å²) >= 11 is 1.61. The summed E-state index contributed by atoms with van der Waals surface area (Å²) in [4.78, 5) is 13.5. The second-order valence-corrected chi connectivity index (χ2v) is 9.01. The van der Waals surface area contributed by atoms with Crippen molar-refractivity contribution in [3.63, 3.8) is 0 Å². The molecule has 7 nitrogen and oxygen atoms in total. The van der Waals surface area contributed by atoms with E-state index >= 15 is 0 Å². The quantitative estimate of drug-likeness (QED) is 0.320. The van der Waals surface area contributed by atoms with Crippen molar-refractivity contribution in [1.82, 2.24) is 14.8 Å². The number of hydrogen-bond acceptors (Lipinski definition) is 7. The molecule has 0 spiro atoms. The maximum atomic E-state index is 6.02. The largest absolute Gasteiger partial charge is 0.491 e. The number of thiazole rings is 1. The Hall–Kier alpha value is -2.84. The van der Waals surface area contributed by atoms with Crippen LogP contribution in [0, 0.1) is 0 Å². The molecule has 0 atom stereocenters. The molecular formula is C24H34N6OS. The molecule has 1 aromatic carbocycles. The number of amidine groups is 1. The summed E-state index contributed by atoms with van der Waals surface area (Å²) in [5.41, 5.74) is 8.24. The number of hydrogen-bond donors (Lipinski definition) is 2. The van der Waals surface area contributed by atoms with Gasteiger partial charge >= 0.3 is 0 Å². The van der Waals surface area contributed by atoms with Gasteiger partial charge in [-0.25, -0.2) is 9.98 Å². The van der Waals surface area contributed by atoms with Gasteiger partial charge in [0, 0.05) is 50.8 Å². The van der Waals surface area contributed by atoms with Crippen LogP contribution < -0.4 is 15.8 Å². The Bertz CT molecular complexity index is 926. The smallest absolute Gasteiger partial charge is 0.182 e. The second-order valence-electron chi connectivity index (χ2n) is 8.12. The number of rotatable bonds is 10. The van der Waals surface area contributed by atoms with Crippen LogP contribution in [-0.2, 0) is 13.1 Å². The molecule has 8 heteroatoms. The highest BCUT2D eigenvalue weighted by Crippen LogP contribution is 2.22. The molecule has 1 aromatic heterocycles. The van der Waals surface area contributed by atoms with Gasteiger partial charge in [0.2, 0.25) is 0 Å². The minimum absolute atomic E-state index is 0.134. The number of piperazine rings is 1. The van der Waals surface area contributed by atoms with Gasteiger partial charge in [0.1, 0.15) is 11.6 Å². The monoisotopic (exact) mass is 454 g/mol. The zero-order valence-electron chi connectivity index (χ0n) is 19.3. The van der Waals surface area contributed by atoms with Gasteiger partial charge < -0.3 is 20.7 Å². The number of nitrogens with zero attached hydrogens (tertiary/aromatic N) is 4. The van der Waals surface area contributed by atoms with Crippen molar-refractivity contribution in [2.45, 2.75) is 40.0 Å². The van der Waals surface area contributed by atoms with E-state index in [9.17, 15) is 0 Å². The highest BCUT2D eigenvalue weighted by molar-refractivity contribution is 7.13. The molecule has 0 saturated carbocycles. The van der Waals surface area contributed by atoms with E-state index in [1.165, 1.54) is 11.1 Å². The highest BCUT2D eigenvalue weighted by atomic mass is 32.1. The first-order valence-electron chi connectivity index (χ1n) is 11.0. The average molecular weight is 455 g/mol. The molecular weight excluding hydrogens is 420 g/mol. The molecule has 32 heavy (non-hydrogen) atoms. The SMILES string of the molecule is C=C/C=C(\N=C(\C)N)N1CCN(Cc2cc(CNc3nccs3)cc(OC(C)C)c2)CC1. The highest BCUT2D eigenvalue weighted by Gasteiger charge is 2.19. The Kier molecular flexibility index (Phi) is 8.70. The summed E-state index contributed by atoms with van der Waals surface area (Å²) in [6.07, 6.45) is 5.62. The van der Waals surface area contributed by atoms with Gasteiger partial charge in [-0.1, -0.05) is 18.7 Å². The van der Waals surface area contributed by atoms with Gasteiger partial charge in [0.15, 0.2) is 5.13 Å². The number of aliphatic imine (C=N–C) groups is 1. The van der Waals surface area contributed by atoms with Crippen LogP contribution in [0.25, 0.3) is 0 Å². The summed E-state index contributed by atoms with van der Waals surface area (Å²) in [6, 6.07) is 6.53. The molecule has 0 bridgehead atoms. The van der Waals surface area contributed by atoms with Crippen LogP contribution in [0.2, 0.25) is 0 Å². The van der Waals surface area contributed by atoms with Gasteiger partial charge in [-0.05, 0) is 50.1 Å². The summed E-state index contributed by atoms with van der Waals surface area (Å²) in [5.74, 6) is 2.35. The Balaban J connectivity index is 1.65. The molecule has 3 rings (SSSR count). The average Bonchev–Trinajstić information content (AvgIpc) is 3.25. The van der Waals surface area contributed by atoms with Crippen molar-refractivity contribution >= 4 is 22.3 Å². The van der Waals surface area contributed by atoms with Gasteiger partial charge in [-0.2, -0.15) is 0 Å². The van der Waals surface area contributed by atoms with Crippen molar-refractivity contribution in [1.29, 1.82) is 0 Å². The van der Waals surface area contributed by atoms with Crippen LogP contribution in [0.1, 0.15) is 31.9 Å². The van der Waals surface area contributed by atoms with Crippen LogP contribution in [0.3, 0.4) is 0 Å². The number of nitrogens with one attached hydrogen (secondary N) is 1. The molecule has 0 unspecified atom stereocenters. The lowest BCUT2D eigenvalue weighted by Gasteiger charge is -2.36. The summed E-state index contributed by atoms with van der Waals surface area (Å²) < 4.78 is 6.02. The Morgan fingerprint density at radius 2 is 2.03 bits per heavy atom. The van der Waals surface area contributed by atoms with Crippen LogP contribution >= 0.6 is 11.3 Å². The van der Waals surface area contributed by atoms with Crippen molar-refractivity contribution in [2.24, 2.45) is 10.7 Å². The maximum absolute atomic E-state index is 6.02. The van der Waals surface area contributed by atoms with Crippen molar-refractivity contribution < 1.29 is 4.74 Å². The van der Waals surface area contributed by atoms with E-state index in [2.05, 4.69) is 63.7 Å². The van der Waals surface area contributed by atoms with Gasteiger partial charge in [0.05, 0.1) is 11.9 Å². The number of ether oxygens (including phenoxy) is 1. The predicted molar refractivity (Wildman–Crippen MR) is 134 cm³/mol. The number of nitrogens with two attached hydrogens (primary N) is 1. The normalized spacial score (nSPS) is 15.8. The minimum atomic E-state index is 0.134. The zero-order valence-corrected chi connectivity index (χ0v) is 20.1. The molecule has 1 saturated heterocycles. The molecule has 172 valence electrons. The Morgan fingerprint density at radius 1 is 1.28 bits per heavy atom. The van der Waals surface area contributed by atoms with Crippen LogP contribution in [0.4, 0.5) is 5.13 Å². The zero-order chi connectivity index (χ0) is 22.9. The molecule has 1 aliphatic rings. The van der Waals surface area contributed by atoms with Gasteiger partial charge in [0.25, 0.3) is 0 Å². The summed E-state index contributed by atoms with van der Waals surface area (Å²) in [7, 11) is 0. The molecule has 0 aliphatic carbocycles. The van der Waals surface area contributed by atoms with E-state index in [0.717, 1.165) is 56.0 Å². The van der Waals surface area contributed by atoms with Crippen LogP contribution in [-0.4, -0.2) is 52.9 Å². The third-order valence-corrected chi connectivity index (χ3v) is 5.67. The molecule has 3 N–H and O–H groups in total. The van der Waals surface area contributed by atoms with Gasteiger partial charge in [-0.15, -0.1) is 11.3 Å². The number of aromatic nitrogens is 1. The fourth-order valence-corrected chi connectivity index (χ4v) is 4.17. The van der Waals surface area contributed by atoms with E-state index in [4.69, 9.17) is 10.5 Å². The van der Waals surface area contributed by atoms with E-state index < -0.39 is 0 Å². The number of allylic oxidation sites excluding steroid dienone is 2.